The van der Waals surface area contributed by atoms with E-state index in [9.17, 15) is 9.59 Å². The molecule has 0 atom stereocenters. The summed E-state index contributed by atoms with van der Waals surface area (Å²) < 4.78 is 1.92. The number of thiocarbonyl (C=S) groups is 1. The van der Waals surface area contributed by atoms with Gasteiger partial charge in [0.15, 0.2) is 5.11 Å². The van der Waals surface area contributed by atoms with Crippen LogP contribution in [0.15, 0.2) is 48.2 Å². The van der Waals surface area contributed by atoms with Crippen LogP contribution in [-0.2, 0) is 9.59 Å². The summed E-state index contributed by atoms with van der Waals surface area (Å²) in [4.78, 5) is 27.7. The summed E-state index contributed by atoms with van der Waals surface area (Å²) in [6, 6.07) is 11.7. The van der Waals surface area contributed by atoms with E-state index >= 15 is 0 Å². The minimum absolute atomic E-state index is 0.0564. The van der Waals surface area contributed by atoms with Gasteiger partial charge in [0.1, 0.15) is 5.57 Å². The lowest BCUT2D eigenvalue weighted by atomic mass is 10.1. The molecule has 3 rings (SSSR count). The molecule has 1 fully saturated rings. The van der Waals surface area contributed by atoms with Crippen molar-refractivity contribution in [2.45, 2.75) is 0 Å². The van der Waals surface area contributed by atoms with Crippen LogP contribution in [0.1, 0.15) is 5.69 Å². The maximum atomic E-state index is 12.3. The number of carbonyl (C=O) groups is 2. The summed E-state index contributed by atoms with van der Waals surface area (Å²) >= 11 is 4.96. The highest BCUT2D eigenvalue weighted by atomic mass is 32.1. The zero-order valence-corrected chi connectivity index (χ0v) is 15.0. The summed E-state index contributed by atoms with van der Waals surface area (Å²) in [5, 5.41) is 2.63. The molecule has 1 aromatic heterocycles. The lowest BCUT2D eigenvalue weighted by Gasteiger charge is -2.25. The Hall–Kier alpha value is -2.93. The molecule has 0 bridgehead atoms. The highest BCUT2D eigenvalue weighted by Crippen LogP contribution is 2.20. The molecule has 2 heterocycles. The second-order valence-electron chi connectivity index (χ2n) is 5.90. The van der Waals surface area contributed by atoms with Crippen LogP contribution in [0.5, 0.6) is 0 Å². The van der Waals surface area contributed by atoms with Gasteiger partial charge in [-0.2, -0.15) is 0 Å². The van der Waals surface area contributed by atoms with Gasteiger partial charge < -0.3 is 9.47 Å². The highest BCUT2D eigenvalue weighted by molar-refractivity contribution is 7.80. The van der Waals surface area contributed by atoms with E-state index in [1.54, 1.807) is 6.08 Å². The third kappa shape index (κ3) is 3.18. The van der Waals surface area contributed by atoms with Gasteiger partial charge in [0.05, 0.1) is 0 Å². The molecule has 1 saturated heterocycles. The summed E-state index contributed by atoms with van der Waals surface area (Å²) in [7, 11) is 5.50. The number of aromatic nitrogens is 1. The fourth-order valence-corrected chi connectivity index (χ4v) is 2.73. The molecule has 128 valence electrons. The van der Waals surface area contributed by atoms with Gasteiger partial charge in [-0.15, -0.1) is 0 Å². The minimum Gasteiger partial charge on any atom is -0.378 e. The quantitative estimate of drug-likeness (QED) is 0.519. The summed E-state index contributed by atoms with van der Waals surface area (Å²) in [5.74, 6) is -0.895. The fourth-order valence-electron chi connectivity index (χ4n) is 2.55. The molecule has 6 nitrogen and oxygen atoms in total. The van der Waals surface area contributed by atoms with Crippen LogP contribution >= 0.6 is 12.2 Å². The first-order chi connectivity index (χ1) is 11.9. The number of nitrogens with zero attached hydrogens (tertiary/aromatic N) is 3. The molecule has 1 aliphatic rings. The smallest absolute Gasteiger partial charge is 0.265 e. The van der Waals surface area contributed by atoms with Crippen LogP contribution in [0.25, 0.3) is 11.8 Å². The number of likely N-dealkylation sites (N-methyl/N-ethyl adjacent to an activating group) is 1. The largest absolute Gasteiger partial charge is 0.378 e. The van der Waals surface area contributed by atoms with E-state index in [-0.39, 0.29) is 10.7 Å². The van der Waals surface area contributed by atoms with Crippen molar-refractivity contribution in [3.05, 3.63) is 53.9 Å². The Morgan fingerprint density at radius 3 is 2.44 bits per heavy atom. The molecule has 2 amide bonds. The van der Waals surface area contributed by atoms with Crippen molar-refractivity contribution in [3.63, 3.8) is 0 Å². The zero-order valence-electron chi connectivity index (χ0n) is 14.2. The van der Waals surface area contributed by atoms with Crippen molar-refractivity contribution in [2.75, 3.05) is 26.0 Å². The molecule has 0 radical (unpaired) electrons. The van der Waals surface area contributed by atoms with Gasteiger partial charge in [-0.3, -0.25) is 19.8 Å². The van der Waals surface area contributed by atoms with Crippen LogP contribution < -0.4 is 10.2 Å². The van der Waals surface area contributed by atoms with Gasteiger partial charge in [0.25, 0.3) is 11.8 Å². The molecule has 7 heteroatoms. The van der Waals surface area contributed by atoms with E-state index in [0.29, 0.717) is 0 Å². The van der Waals surface area contributed by atoms with Gasteiger partial charge in [-0.1, -0.05) is 0 Å². The Labute approximate surface area is 151 Å². The third-order valence-corrected chi connectivity index (χ3v) is 4.40. The maximum absolute atomic E-state index is 12.3. The monoisotopic (exact) mass is 354 g/mol. The average molecular weight is 354 g/mol. The predicted octanol–water partition coefficient (Wildman–Crippen LogP) is 1.80. The van der Waals surface area contributed by atoms with Gasteiger partial charge in [0, 0.05) is 44.4 Å². The minimum atomic E-state index is -0.483. The van der Waals surface area contributed by atoms with Crippen molar-refractivity contribution in [2.24, 2.45) is 0 Å². The lowest BCUT2D eigenvalue weighted by molar-refractivity contribution is -0.128. The summed E-state index contributed by atoms with van der Waals surface area (Å²) in [6.45, 7) is 0. The number of carbonyl (C=O) groups excluding carboxylic acids is 2. The Kier molecular flexibility index (Phi) is 4.41. The summed E-state index contributed by atoms with van der Waals surface area (Å²) in [5.41, 5.74) is 2.82. The topological polar surface area (TPSA) is 57.6 Å². The Bertz CT molecular complexity index is 881. The molecule has 1 aromatic carbocycles. The van der Waals surface area contributed by atoms with Crippen LogP contribution in [0.3, 0.4) is 0 Å². The number of rotatable bonds is 3. The number of amides is 2. The highest BCUT2D eigenvalue weighted by Gasteiger charge is 2.30. The number of anilines is 1. The molecular formula is C18H18N4O2S. The van der Waals surface area contributed by atoms with Crippen LogP contribution in [0.2, 0.25) is 0 Å². The summed E-state index contributed by atoms with van der Waals surface area (Å²) in [6.07, 6.45) is 3.46. The van der Waals surface area contributed by atoms with E-state index in [0.717, 1.165) is 17.1 Å². The van der Waals surface area contributed by atoms with Crippen LogP contribution in [0.4, 0.5) is 5.69 Å². The molecule has 0 unspecified atom stereocenters. The molecule has 0 aliphatic carbocycles. The molecule has 1 aliphatic heterocycles. The van der Waals surface area contributed by atoms with Crippen LogP contribution in [0, 0.1) is 0 Å². The maximum Gasteiger partial charge on any atom is 0.265 e. The van der Waals surface area contributed by atoms with Crippen molar-refractivity contribution < 1.29 is 9.59 Å². The van der Waals surface area contributed by atoms with Gasteiger partial charge in [-0.05, 0) is 54.7 Å². The molecule has 0 saturated carbocycles. The third-order valence-electron chi connectivity index (χ3n) is 4.02. The average Bonchev–Trinajstić information content (AvgIpc) is 3.05. The van der Waals surface area contributed by atoms with Crippen molar-refractivity contribution in [1.82, 2.24) is 14.8 Å². The SMILES string of the molecule is CN1C(=O)/C(=C\c2cccn2-c2ccc(N(C)C)cc2)C(=O)NC1=S. The Balaban J connectivity index is 1.98. The van der Waals surface area contributed by atoms with E-state index in [2.05, 4.69) is 5.32 Å². The van der Waals surface area contributed by atoms with Gasteiger partial charge in [0.2, 0.25) is 0 Å². The van der Waals surface area contributed by atoms with Crippen molar-refractivity contribution >= 4 is 40.9 Å². The number of hydrogen-bond donors (Lipinski definition) is 1. The molecule has 0 spiro atoms. The second kappa shape index (κ2) is 6.52. The van der Waals surface area contributed by atoms with Crippen molar-refractivity contribution in [1.29, 1.82) is 0 Å². The zero-order chi connectivity index (χ0) is 18.1. The molecular weight excluding hydrogens is 336 g/mol. The number of benzene rings is 1. The van der Waals surface area contributed by atoms with Crippen molar-refractivity contribution in [3.8, 4) is 5.69 Å². The number of hydrogen-bond acceptors (Lipinski definition) is 4. The number of nitrogens with one attached hydrogen (secondary N) is 1. The van der Waals surface area contributed by atoms with Gasteiger partial charge in [-0.25, -0.2) is 0 Å². The first-order valence-electron chi connectivity index (χ1n) is 7.68. The molecule has 1 N–H and O–H groups in total. The Morgan fingerprint density at radius 1 is 1.12 bits per heavy atom. The normalized spacial score (nSPS) is 16.4. The molecule has 2 aromatic rings. The standard InChI is InChI=1S/C18H18N4O2S/c1-20(2)12-6-8-13(9-7-12)22-10-4-5-14(22)11-15-16(23)19-18(25)21(3)17(15)24/h4-11H,1-3H3,(H,19,23,25)/b15-11-. The van der Waals surface area contributed by atoms with E-state index in [1.165, 1.54) is 11.9 Å². The van der Waals surface area contributed by atoms with E-state index in [1.807, 2.05) is 66.2 Å². The Morgan fingerprint density at radius 2 is 1.80 bits per heavy atom. The lowest BCUT2D eigenvalue weighted by Crippen LogP contribution is -2.52. The van der Waals surface area contributed by atoms with E-state index in [4.69, 9.17) is 12.2 Å². The van der Waals surface area contributed by atoms with E-state index < -0.39 is 11.8 Å². The first-order valence-corrected chi connectivity index (χ1v) is 8.09. The van der Waals surface area contributed by atoms with Crippen LogP contribution in [-0.4, -0.2) is 47.5 Å². The predicted molar refractivity (Wildman–Crippen MR) is 102 cm³/mol. The second-order valence-corrected chi connectivity index (χ2v) is 6.28. The first kappa shape index (κ1) is 16.9. The molecule has 25 heavy (non-hydrogen) atoms. The fraction of sp³-hybridized carbons (Fsp3) is 0.167. The van der Waals surface area contributed by atoms with Gasteiger partial charge >= 0.3 is 0 Å².